The molecule has 0 amide bonds. The van der Waals surface area contributed by atoms with Crippen LogP contribution in [0.5, 0.6) is 11.8 Å². The maximum atomic E-state index is 5.74. The number of anilines is 2. The summed E-state index contributed by atoms with van der Waals surface area (Å²) in [7, 11) is 0. The van der Waals surface area contributed by atoms with Gasteiger partial charge in [0.1, 0.15) is 5.75 Å². The molecule has 6 nitrogen and oxygen atoms in total. The van der Waals surface area contributed by atoms with Crippen molar-refractivity contribution >= 4 is 27.8 Å². The molecule has 2 N–H and O–H groups in total. The Morgan fingerprint density at radius 3 is 2.52 bits per heavy atom. The van der Waals surface area contributed by atoms with Crippen LogP contribution in [0, 0.1) is 6.92 Å². The average molecular weight is 352 g/mol. The highest BCUT2D eigenvalue weighted by atomic mass is 79.9. The molecular formula is C14H18BrN5O. The van der Waals surface area contributed by atoms with Gasteiger partial charge in [-0.3, -0.25) is 0 Å². The van der Waals surface area contributed by atoms with Crippen LogP contribution in [0.2, 0.25) is 0 Å². The van der Waals surface area contributed by atoms with E-state index in [-0.39, 0.29) is 12.0 Å². The molecule has 0 aliphatic rings. The fourth-order valence-electron chi connectivity index (χ4n) is 1.84. The minimum Gasteiger partial charge on any atom is -0.423 e. The molecule has 0 bridgehead atoms. The summed E-state index contributed by atoms with van der Waals surface area (Å²) >= 11 is 3.46. The van der Waals surface area contributed by atoms with Crippen LogP contribution in [0.3, 0.4) is 0 Å². The standard InChI is InChI=1S/C14H18BrN5O/c1-4-20(5-2)13-17-12(16)18-14(19-13)21-11-7-6-9(3)8-10(11)15/h6-8H,4-5H2,1-3H3,(H2,16,17,18,19). The first-order valence-electron chi connectivity index (χ1n) is 6.74. The van der Waals surface area contributed by atoms with Crippen molar-refractivity contribution in [3.8, 4) is 11.8 Å². The van der Waals surface area contributed by atoms with Gasteiger partial charge in [0, 0.05) is 13.1 Å². The van der Waals surface area contributed by atoms with Gasteiger partial charge < -0.3 is 15.4 Å². The predicted molar refractivity (Wildman–Crippen MR) is 86.8 cm³/mol. The van der Waals surface area contributed by atoms with Gasteiger partial charge in [0.15, 0.2) is 0 Å². The highest BCUT2D eigenvalue weighted by Gasteiger charge is 2.12. The number of ether oxygens (including phenoxy) is 1. The van der Waals surface area contributed by atoms with E-state index in [1.807, 2.05) is 43.9 Å². The zero-order chi connectivity index (χ0) is 15.4. The molecular weight excluding hydrogens is 334 g/mol. The van der Waals surface area contributed by atoms with Crippen molar-refractivity contribution in [2.24, 2.45) is 0 Å². The van der Waals surface area contributed by atoms with Crippen molar-refractivity contribution in [2.45, 2.75) is 20.8 Å². The van der Waals surface area contributed by atoms with E-state index in [0.717, 1.165) is 23.1 Å². The molecule has 112 valence electrons. The first-order valence-corrected chi connectivity index (χ1v) is 7.53. The summed E-state index contributed by atoms with van der Waals surface area (Å²) in [4.78, 5) is 14.5. The number of nitrogen functional groups attached to an aromatic ring is 1. The lowest BCUT2D eigenvalue weighted by molar-refractivity contribution is 0.437. The SMILES string of the molecule is CCN(CC)c1nc(N)nc(Oc2ccc(C)cc2Br)n1. The van der Waals surface area contributed by atoms with Gasteiger partial charge in [-0.15, -0.1) is 0 Å². The van der Waals surface area contributed by atoms with E-state index in [4.69, 9.17) is 10.5 Å². The molecule has 21 heavy (non-hydrogen) atoms. The Balaban J connectivity index is 2.31. The molecule has 2 rings (SSSR count). The summed E-state index contributed by atoms with van der Waals surface area (Å²) in [5.74, 6) is 1.30. The summed E-state index contributed by atoms with van der Waals surface area (Å²) in [5.41, 5.74) is 6.87. The molecule has 0 atom stereocenters. The van der Waals surface area contributed by atoms with Gasteiger partial charge in [0.25, 0.3) is 0 Å². The van der Waals surface area contributed by atoms with Crippen molar-refractivity contribution in [1.29, 1.82) is 0 Å². The summed E-state index contributed by atoms with van der Waals surface area (Å²) in [6.45, 7) is 7.64. The van der Waals surface area contributed by atoms with Crippen LogP contribution in [-0.2, 0) is 0 Å². The molecule has 2 aromatic rings. The predicted octanol–water partition coefficient (Wildman–Crippen LogP) is 3.16. The Hall–Kier alpha value is -1.89. The number of hydrogen-bond donors (Lipinski definition) is 1. The summed E-state index contributed by atoms with van der Waals surface area (Å²) < 4.78 is 6.55. The molecule has 0 fully saturated rings. The molecule has 0 aliphatic carbocycles. The van der Waals surface area contributed by atoms with Gasteiger partial charge >= 0.3 is 6.01 Å². The van der Waals surface area contributed by atoms with Gasteiger partial charge in [-0.1, -0.05) is 6.07 Å². The third-order valence-electron chi connectivity index (χ3n) is 2.96. The largest absolute Gasteiger partial charge is 0.423 e. The maximum absolute atomic E-state index is 5.74. The van der Waals surface area contributed by atoms with Gasteiger partial charge in [-0.2, -0.15) is 15.0 Å². The van der Waals surface area contributed by atoms with Crippen LogP contribution in [-0.4, -0.2) is 28.0 Å². The summed E-state index contributed by atoms with van der Waals surface area (Å²) in [5, 5.41) is 0. The molecule has 0 spiro atoms. The number of aryl methyl sites for hydroxylation is 1. The third kappa shape index (κ3) is 3.81. The van der Waals surface area contributed by atoms with E-state index in [1.54, 1.807) is 0 Å². The molecule has 1 aromatic carbocycles. The highest BCUT2D eigenvalue weighted by molar-refractivity contribution is 9.10. The molecule has 1 heterocycles. The van der Waals surface area contributed by atoms with E-state index in [0.29, 0.717) is 11.7 Å². The van der Waals surface area contributed by atoms with Crippen LogP contribution in [0.15, 0.2) is 22.7 Å². The Labute approximate surface area is 132 Å². The lowest BCUT2D eigenvalue weighted by Gasteiger charge is -2.18. The molecule has 0 saturated heterocycles. The van der Waals surface area contributed by atoms with Crippen molar-refractivity contribution in [1.82, 2.24) is 15.0 Å². The minimum atomic E-state index is 0.144. The molecule has 0 aliphatic heterocycles. The van der Waals surface area contributed by atoms with Crippen molar-refractivity contribution < 1.29 is 4.74 Å². The van der Waals surface area contributed by atoms with E-state index in [2.05, 4.69) is 30.9 Å². The van der Waals surface area contributed by atoms with Crippen LogP contribution in [0.1, 0.15) is 19.4 Å². The zero-order valence-corrected chi connectivity index (χ0v) is 13.9. The Bertz CT molecular complexity index is 631. The lowest BCUT2D eigenvalue weighted by atomic mass is 10.2. The van der Waals surface area contributed by atoms with E-state index in [9.17, 15) is 0 Å². The quantitative estimate of drug-likeness (QED) is 0.891. The topological polar surface area (TPSA) is 77.2 Å². The minimum absolute atomic E-state index is 0.144. The van der Waals surface area contributed by atoms with Crippen LogP contribution in [0.4, 0.5) is 11.9 Å². The third-order valence-corrected chi connectivity index (χ3v) is 3.58. The van der Waals surface area contributed by atoms with Gasteiger partial charge in [0.2, 0.25) is 11.9 Å². The summed E-state index contributed by atoms with van der Waals surface area (Å²) in [6, 6.07) is 5.96. The number of nitrogens with two attached hydrogens (primary N) is 1. The number of hydrogen-bond acceptors (Lipinski definition) is 6. The fraction of sp³-hybridized carbons (Fsp3) is 0.357. The normalized spacial score (nSPS) is 10.5. The molecule has 0 radical (unpaired) electrons. The number of rotatable bonds is 5. The first kappa shape index (κ1) is 15.5. The Kier molecular flexibility index (Phi) is 4.95. The van der Waals surface area contributed by atoms with Gasteiger partial charge in [-0.05, 0) is 54.4 Å². The smallest absolute Gasteiger partial charge is 0.328 e. The zero-order valence-electron chi connectivity index (χ0n) is 12.3. The van der Waals surface area contributed by atoms with E-state index < -0.39 is 0 Å². The number of benzene rings is 1. The van der Waals surface area contributed by atoms with Gasteiger partial charge in [0.05, 0.1) is 4.47 Å². The van der Waals surface area contributed by atoms with E-state index in [1.165, 1.54) is 0 Å². The fourth-order valence-corrected chi connectivity index (χ4v) is 2.42. The Morgan fingerprint density at radius 2 is 1.90 bits per heavy atom. The number of aromatic nitrogens is 3. The second kappa shape index (κ2) is 6.71. The maximum Gasteiger partial charge on any atom is 0.328 e. The van der Waals surface area contributed by atoms with Gasteiger partial charge in [-0.25, -0.2) is 0 Å². The average Bonchev–Trinajstić information content (AvgIpc) is 2.43. The molecule has 1 aromatic heterocycles. The molecule has 0 unspecified atom stereocenters. The van der Waals surface area contributed by atoms with Crippen LogP contribution in [0.25, 0.3) is 0 Å². The summed E-state index contributed by atoms with van der Waals surface area (Å²) in [6.07, 6.45) is 0. The molecule has 7 heteroatoms. The van der Waals surface area contributed by atoms with Crippen molar-refractivity contribution in [2.75, 3.05) is 23.7 Å². The van der Waals surface area contributed by atoms with Crippen molar-refractivity contribution in [3.63, 3.8) is 0 Å². The Morgan fingerprint density at radius 1 is 1.19 bits per heavy atom. The first-order chi connectivity index (χ1) is 10.0. The number of nitrogens with zero attached hydrogens (tertiary/aromatic N) is 4. The van der Waals surface area contributed by atoms with E-state index >= 15 is 0 Å². The lowest BCUT2D eigenvalue weighted by Crippen LogP contribution is -2.25. The van der Waals surface area contributed by atoms with Crippen LogP contribution < -0.4 is 15.4 Å². The second-order valence-corrected chi connectivity index (χ2v) is 5.34. The molecule has 0 saturated carbocycles. The highest BCUT2D eigenvalue weighted by Crippen LogP contribution is 2.29. The van der Waals surface area contributed by atoms with Crippen LogP contribution >= 0.6 is 15.9 Å². The second-order valence-electron chi connectivity index (χ2n) is 4.48. The number of halogens is 1. The van der Waals surface area contributed by atoms with Crippen molar-refractivity contribution in [3.05, 3.63) is 28.2 Å². The monoisotopic (exact) mass is 351 g/mol.